The van der Waals surface area contributed by atoms with Gasteiger partial charge in [0.05, 0.1) is 25.4 Å². The van der Waals surface area contributed by atoms with Crippen LogP contribution in [0.1, 0.15) is 335 Å². The van der Waals surface area contributed by atoms with Gasteiger partial charge in [0.2, 0.25) is 5.91 Å². The minimum absolute atomic E-state index is 0.201. The van der Waals surface area contributed by atoms with E-state index in [-0.39, 0.29) is 12.5 Å². The number of carbonyl (C=O) groups is 1. The topological polar surface area (TPSA) is 149 Å². The van der Waals surface area contributed by atoms with Gasteiger partial charge in [0, 0.05) is 6.42 Å². The van der Waals surface area contributed by atoms with Crippen molar-refractivity contribution in [2.75, 3.05) is 13.2 Å². The fourth-order valence-electron chi connectivity index (χ4n) is 11.9. The van der Waals surface area contributed by atoms with E-state index in [2.05, 4.69) is 165 Å². The number of nitrogens with one attached hydrogen (secondary N) is 1. The summed E-state index contributed by atoms with van der Waals surface area (Å²) in [6, 6.07) is -0.842. The van der Waals surface area contributed by atoms with Crippen molar-refractivity contribution in [1.29, 1.82) is 0 Å². The standard InChI is InChI=1S/C88H149NO8/c1-3-5-7-9-11-13-15-17-19-21-23-25-27-29-31-33-35-37-38-39-40-41-42-43-44-46-48-50-52-54-56-58-60-62-64-66-68-70-72-74-76-78-84(92)89-81(80-96-88-87(95)86(94)85(93)83(79-90)97-88)82(91)77-75-73-71-69-67-65-63-61-59-57-55-53-51-49-47-45-36-34-32-30-28-26-24-22-20-18-16-14-12-10-8-6-4-2/h5,7,11,13,17,19,23,25,29,31,35,37,39-40,42-43,46,48,52,54,58,60,67,69,75,77,81-83,85-88,90-91,93-95H,3-4,6,8-10,12,14-16,18,20-22,24,26-28,30,32-34,36,38,41,44-45,47,49-51,53,55-57,59,61-66,68,70-74,76,78-80H2,1-2H3,(H,89,92)/b7-5-,13-11-,19-17-,25-23-,31-29-,37-35-,40-39-,43-42-,48-46-,54-52-,60-58-,69-67+,77-75+. The van der Waals surface area contributed by atoms with Crippen molar-refractivity contribution in [3.8, 4) is 0 Å². The molecule has 0 spiro atoms. The molecule has 1 aliphatic heterocycles. The SMILES string of the molecule is CC/C=C\C/C=C\C/C=C\C/C=C\C/C=C\C/C=C\C/C=C\C/C=C\C/C=C\C/C=C\C/C=C\CCCCCCCCCC(=O)NC(COC1OC(CO)C(O)C(O)C1O)C(O)/C=C/CC/C=C/CCCCCCCCCCCCCCCCCCCCCCCCCCCCC. The summed E-state index contributed by atoms with van der Waals surface area (Å²) in [4.78, 5) is 13.2. The van der Waals surface area contributed by atoms with Crippen LogP contribution in [0.4, 0.5) is 0 Å². The van der Waals surface area contributed by atoms with E-state index < -0.39 is 49.5 Å². The van der Waals surface area contributed by atoms with Crippen LogP contribution < -0.4 is 5.32 Å². The van der Waals surface area contributed by atoms with Gasteiger partial charge < -0.3 is 40.3 Å². The van der Waals surface area contributed by atoms with Crippen molar-refractivity contribution in [2.45, 2.75) is 378 Å². The zero-order valence-corrected chi connectivity index (χ0v) is 62.3. The van der Waals surface area contributed by atoms with Crippen molar-refractivity contribution >= 4 is 5.91 Å². The fourth-order valence-corrected chi connectivity index (χ4v) is 11.9. The van der Waals surface area contributed by atoms with Gasteiger partial charge in [0.15, 0.2) is 6.29 Å². The highest BCUT2D eigenvalue weighted by atomic mass is 16.7. The van der Waals surface area contributed by atoms with E-state index in [9.17, 15) is 30.3 Å². The minimum Gasteiger partial charge on any atom is -0.394 e. The fraction of sp³-hybridized carbons (Fsp3) is 0.693. The molecule has 9 heteroatoms. The Morgan fingerprint density at radius 2 is 0.649 bits per heavy atom. The largest absolute Gasteiger partial charge is 0.394 e. The molecule has 0 aliphatic carbocycles. The van der Waals surface area contributed by atoms with Gasteiger partial charge in [-0.1, -0.05) is 371 Å². The van der Waals surface area contributed by atoms with Crippen LogP contribution in [0.15, 0.2) is 158 Å². The summed E-state index contributed by atoms with van der Waals surface area (Å²) in [5.41, 5.74) is 0. The maximum atomic E-state index is 13.2. The minimum atomic E-state index is -1.59. The van der Waals surface area contributed by atoms with Gasteiger partial charge in [-0.3, -0.25) is 4.79 Å². The number of aliphatic hydroxyl groups excluding tert-OH is 5. The summed E-state index contributed by atoms with van der Waals surface area (Å²) in [7, 11) is 0. The summed E-state index contributed by atoms with van der Waals surface area (Å²) in [6.07, 6.45) is 110. The Kier molecular flexibility index (Phi) is 69.8. The molecule has 1 fully saturated rings. The number of rotatable bonds is 69. The van der Waals surface area contributed by atoms with E-state index >= 15 is 0 Å². The Morgan fingerprint density at radius 3 is 0.990 bits per heavy atom. The quantitative estimate of drug-likeness (QED) is 0.0261. The van der Waals surface area contributed by atoms with Crippen molar-refractivity contribution in [2.24, 2.45) is 0 Å². The second-order valence-electron chi connectivity index (χ2n) is 27.1. The second-order valence-corrected chi connectivity index (χ2v) is 27.1. The maximum absolute atomic E-state index is 13.2. The van der Waals surface area contributed by atoms with E-state index in [4.69, 9.17) is 9.47 Å². The maximum Gasteiger partial charge on any atom is 0.220 e. The third-order valence-electron chi connectivity index (χ3n) is 18.1. The normalized spacial score (nSPS) is 18.3. The molecule has 1 amide bonds. The first-order valence-electron chi connectivity index (χ1n) is 40.2. The monoisotopic (exact) mass is 1350 g/mol. The van der Waals surface area contributed by atoms with Gasteiger partial charge >= 0.3 is 0 Å². The Labute approximate surface area is 596 Å². The van der Waals surface area contributed by atoms with E-state index in [0.717, 1.165) is 122 Å². The van der Waals surface area contributed by atoms with Crippen molar-refractivity contribution in [3.05, 3.63) is 158 Å². The highest BCUT2D eigenvalue weighted by molar-refractivity contribution is 5.76. The number of ether oxygens (including phenoxy) is 2. The van der Waals surface area contributed by atoms with Gasteiger partial charge in [-0.05, 0) is 116 Å². The van der Waals surface area contributed by atoms with E-state index in [1.807, 2.05) is 6.08 Å². The molecule has 1 rings (SSSR count). The molecule has 0 aromatic carbocycles. The molecular formula is C88H149NO8. The lowest BCUT2D eigenvalue weighted by Crippen LogP contribution is -2.60. The third kappa shape index (κ3) is 62.5. The van der Waals surface area contributed by atoms with Gasteiger partial charge in [-0.15, -0.1) is 0 Å². The Morgan fingerprint density at radius 1 is 0.361 bits per heavy atom. The average Bonchev–Trinajstić information content (AvgIpc) is 0.854. The second kappa shape index (κ2) is 74.5. The molecule has 7 atom stereocenters. The lowest BCUT2D eigenvalue weighted by atomic mass is 9.99. The number of amides is 1. The van der Waals surface area contributed by atoms with Crippen molar-refractivity contribution < 1.29 is 39.8 Å². The van der Waals surface area contributed by atoms with Gasteiger partial charge in [-0.25, -0.2) is 0 Å². The Bertz CT molecular complexity index is 2110. The molecule has 0 aromatic rings. The molecule has 7 unspecified atom stereocenters. The number of unbranched alkanes of at least 4 members (excludes halogenated alkanes) is 35. The van der Waals surface area contributed by atoms with Crippen LogP contribution in [0.2, 0.25) is 0 Å². The molecule has 6 N–H and O–H groups in total. The van der Waals surface area contributed by atoms with Crippen LogP contribution in [-0.4, -0.2) is 87.5 Å². The number of allylic oxidation sites excluding steroid dienone is 25. The molecule has 1 saturated heterocycles. The van der Waals surface area contributed by atoms with Crippen molar-refractivity contribution in [3.63, 3.8) is 0 Å². The molecule has 0 saturated carbocycles. The summed E-state index contributed by atoms with van der Waals surface area (Å²) in [5, 5.41) is 54.9. The van der Waals surface area contributed by atoms with Crippen LogP contribution in [0, 0.1) is 0 Å². The number of aliphatic hydroxyl groups is 5. The lowest BCUT2D eigenvalue weighted by molar-refractivity contribution is -0.302. The van der Waals surface area contributed by atoms with E-state index in [0.29, 0.717) is 6.42 Å². The van der Waals surface area contributed by atoms with E-state index in [1.54, 1.807) is 6.08 Å². The molecule has 1 aliphatic rings. The summed E-state index contributed by atoms with van der Waals surface area (Å²) < 4.78 is 11.3. The van der Waals surface area contributed by atoms with Crippen molar-refractivity contribution in [1.82, 2.24) is 5.32 Å². The zero-order chi connectivity index (χ0) is 69.9. The highest BCUT2D eigenvalue weighted by Gasteiger charge is 2.44. The smallest absolute Gasteiger partial charge is 0.220 e. The van der Waals surface area contributed by atoms with Gasteiger partial charge in [-0.2, -0.15) is 0 Å². The average molecular weight is 1350 g/mol. The molecule has 97 heavy (non-hydrogen) atoms. The zero-order valence-electron chi connectivity index (χ0n) is 62.3. The lowest BCUT2D eigenvalue weighted by Gasteiger charge is -2.40. The molecule has 0 radical (unpaired) electrons. The van der Waals surface area contributed by atoms with Crippen LogP contribution in [0.3, 0.4) is 0 Å². The molecule has 1 heterocycles. The van der Waals surface area contributed by atoms with Crippen LogP contribution in [-0.2, 0) is 14.3 Å². The number of carbonyl (C=O) groups excluding carboxylic acids is 1. The third-order valence-corrected chi connectivity index (χ3v) is 18.1. The van der Waals surface area contributed by atoms with Crippen LogP contribution >= 0.6 is 0 Å². The Balaban J connectivity index is 2.15. The predicted octanol–water partition coefficient (Wildman–Crippen LogP) is 23.4. The summed E-state index contributed by atoms with van der Waals surface area (Å²) in [5.74, 6) is -0.201. The predicted molar refractivity (Wildman–Crippen MR) is 419 cm³/mol. The van der Waals surface area contributed by atoms with E-state index in [1.165, 1.54) is 193 Å². The molecule has 0 aromatic heterocycles. The first-order valence-corrected chi connectivity index (χ1v) is 40.2. The summed E-state index contributed by atoms with van der Waals surface area (Å²) in [6.45, 7) is 3.67. The number of hydrogen-bond acceptors (Lipinski definition) is 8. The molecule has 0 bridgehead atoms. The molecule has 9 nitrogen and oxygen atoms in total. The molecule has 554 valence electrons. The first kappa shape index (κ1) is 90.8. The Hall–Kier alpha value is -4.19. The van der Waals surface area contributed by atoms with Gasteiger partial charge in [0.1, 0.15) is 24.4 Å². The first-order chi connectivity index (χ1) is 47.8. The van der Waals surface area contributed by atoms with Gasteiger partial charge in [0.25, 0.3) is 0 Å². The van der Waals surface area contributed by atoms with Crippen LogP contribution in [0.25, 0.3) is 0 Å². The summed E-state index contributed by atoms with van der Waals surface area (Å²) >= 11 is 0. The number of hydrogen-bond donors (Lipinski definition) is 6. The highest BCUT2D eigenvalue weighted by Crippen LogP contribution is 2.23. The molecular weight excluding hydrogens is 1200 g/mol. The van der Waals surface area contributed by atoms with Crippen LogP contribution in [0.5, 0.6) is 0 Å².